The number of thiophene rings is 1. The van der Waals surface area contributed by atoms with Crippen molar-refractivity contribution in [3.63, 3.8) is 0 Å². The number of aromatic nitrogens is 3. The number of nitrogens with zero attached hydrogens (tertiary/aromatic N) is 3. The van der Waals surface area contributed by atoms with E-state index in [1.54, 1.807) is 26.1 Å². The van der Waals surface area contributed by atoms with Gasteiger partial charge in [0.05, 0.1) is 17.0 Å². The number of thioether (sulfide) groups is 1. The largest absolute Gasteiger partial charge is 0.338 e. The van der Waals surface area contributed by atoms with Crippen molar-refractivity contribution >= 4 is 45.1 Å². The first kappa shape index (κ1) is 14.8. The third kappa shape index (κ3) is 2.90. The highest BCUT2D eigenvalue weighted by molar-refractivity contribution is 7.99. The van der Waals surface area contributed by atoms with Crippen molar-refractivity contribution in [2.75, 3.05) is 11.1 Å². The maximum Gasteiger partial charge on any atom is 0.271 e. The molecule has 0 saturated heterocycles. The molecule has 3 aromatic rings. The lowest BCUT2D eigenvalue weighted by atomic mass is 10.5. The monoisotopic (exact) mass is 336 g/mol. The Morgan fingerprint density at radius 2 is 2.36 bits per heavy atom. The summed E-state index contributed by atoms with van der Waals surface area (Å²) >= 11 is 2.56. The zero-order valence-electron chi connectivity index (χ0n) is 11.8. The topological polar surface area (TPSA) is 90.0 Å². The number of hydrogen-bond donors (Lipinski definition) is 1. The van der Waals surface area contributed by atoms with Gasteiger partial charge < -0.3 is 4.52 Å². The standard InChI is InChI=1S/C13H12N4O3S2/c1-7-5-10(20-16-7)15-9(18)6-22-13-14-8-3-4-21-11(8)12(19)17(13)2/h3-5H,6H2,1-2H3,(H,15,18). The van der Waals surface area contributed by atoms with E-state index in [0.29, 0.717) is 27.0 Å². The number of anilines is 1. The Morgan fingerprint density at radius 1 is 1.55 bits per heavy atom. The lowest BCUT2D eigenvalue weighted by Gasteiger charge is -2.06. The number of aryl methyl sites for hydroxylation is 1. The van der Waals surface area contributed by atoms with Gasteiger partial charge in [-0.2, -0.15) is 0 Å². The third-order valence-corrected chi connectivity index (χ3v) is 4.79. The highest BCUT2D eigenvalue weighted by Gasteiger charge is 2.12. The van der Waals surface area contributed by atoms with E-state index < -0.39 is 0 Å². The van der Waals surface area contributed by atoms with E-state index in [1.165, 1.54) is 27.7 Å². The van der Waals surface area contributed by atoms with Gasteiger partial charge in [0, 0.05) is 13.1 Å². The molecule has 0 aromatic carbocycles. The van der Waals surface area contributed by atoms with Gasteiger partial charge in [0.25, 0.3) is 5.56 Å². The quantitative estimate of drug-likeness (QED) is 0.579. The summed E-state index contributed by atoms with van der Waals surface area (Å²) < 4.78 is 6.99. The van der Waals surface area contributed by atoms with Crippen LogP contribution in [0.4, 0.5) is 5.88 Å². The summed E-state index contributed by atoms with van der Waals surface area (Å²) in [6.07, 6.45) is 0. The van der Waals surface area contributed by atoms with Crippen molar-refractivity contribution in [3.8, 4) is 0 Å². The van der Waals surface area contributed by atoms with Gasteiger partial charge >= 0.3 is 0 Å². The molecular formula is C13H12N4O3S2. The molecule has 0 spiro atoms. The first-order valence-corrected chi connectivity index (χ1v) is 8.21. The van der Waals surface area contributed by atoms with Gasteiger partial charge in [0.15, 0.2) is 5.16 Å². The minimum Gasteiger partial charge on any atom is -0.338 e. The number of nitrogens with one attached hydrogen (secondary N) is 1. The molecule has 1 amide bonds. The number of carbonyl (C=O) groups is 1. The highest BCUT2D eigenvalue weighted by Crippen LogP contribution is 2.20. The first-order chi connectivity index (χ1) is 10.5. The molecule has 0 fully saturated rings. The molecule has 0 radical (unpaired) electrons. The van der Waals surface area contributed by atoms with Crippen molar-refractivity contribution in [1.82, 2.24) is 14.7 Å². The van der Waals surface area contributed by atoms with Crippen LogP contribution in [0.5, 0.6) is 0 Å². The molecular weight excluding hydrogens is 324 g/mol. The molecule has 9 heteroatoms. The molecule has 3 rings (SSSR count). The van der Waals surface area contributed by atoms with Crippen molar-refractivity contribution in [2.24, 2.45) is 7.05 Å². The second-order valence-electron chi connectivity index (χ2n) is 4.56. The zero-order chi connectivity index (χ0) is 15.7. The predicted octanol–water partition coefficient (Wildman–Crippen LogP) is 2.02. The Kier molecular flexibility index (Phi) is 3.99. The van der Waals surface area contributed by atoms with E-state index >= 15 is 0 Å². The van der Waals surface area contributed by atoms with Crippen molar-refractivity contribution in [2.45, 2.75) is 12.1 Å². The van der Waals surface area contributed by atoms with Gasteiger partial charge in [-0.1, -0.05) is 16.9 Å². The van der Waals surface area contributed by atoms with Gasteiger partial charge in [0.1, 0.15) is 4.70 Å². The van der Waals surface area contributed by atoms with Gasteiger partial charge in [-0.15, -0.1) is 11.3 Å². The molecule has 0 saturated carbocycles. The minimum absolute atomic E-state index is 0.103. The fourth-order valence-corrected chi connectivity index (χ4v) is 3.40. The molecule has 0 unspecified atom stereocenters. The van der Waals surface area contributed by atoms with Crippen LogP contribution in [0.1, 0.15) is 5.69 Å². The molecule has 0 aliphatic heterocycles. The van der Waals surface area contributed by atoms with Crippen LogP contribution in [0, 0.1) is 6.92 Å². The Balaban J connectivity index is 1.72. The molecule has 0 bridgehead atoms. The molecule has 7 nitrogen and oxygen atoms in total. The fourth-order valence-electron chi connectivity index (χ4n) is 1.82. The zero-order valence-corrected chi connectivity index (χ0v) is 13.5. The second-order valence-corrected chi connectivity index (χ2v) is 6.42. The SMILES string of the molecule is Cc1cc(NC(=O)CSc2nc3ccsc3c(=O)n2C)on1. The van der Waals surface area contributed by atoms with E-state index in [0.717, 1.165) is 0 Å². The van der Waals surface area contributed by atoms with Gasteiger partial charge in [-0.3, -0.25) is 19.5 Å². The van der Waals surface area contributed by atoms with E-state index in [-0.39, 0.29) is 17.2 Å². The maximum atomic E-state index is 12.1. The average molecular weight is 336 g/mol. The van der Waals surface area contributed by atoms with Crippen molar-refractivity contribution in [3.05, 3.63) is 33.6 Å². The van der Waals surface area contributed by atoms with Crippen LogP contribution >= 0.6 is 23.1 Å². The van der Waals surface area contributed by atoms with Gasteiger partial charge in [-0.25, -0.2) is 4.98 Å². The van der Waals surface area contributed by atoms with Crippen LogP contribution in [0.25, 0.3) is 10.2 Å². The van der Waals surface area contributed by atoms with Crippen LogP contribution in [-0.4, -0.2) is 26.4 Å². The van der Waals surface area contributed by atoms with Crippen LogP contribution in [0.2, 0.25) is 0 Å². The number of carbonyl (C=O) groups excluding carboxylic acids is 1. The second kappa shape index (κ2) is 5.93. The summed E-state index contributed by atoms with van der Waals surface area (Å²) in [5.74, 6) is 0.175. The smallest absolute Gasteiger partial charge is 0.271 e. The van der Waals surface area contributed by atoms with Crippen LogP contribution in [0.15, 0.2) is 32.0 Å². The Morgan fingerprint density at radius 3 is 3.09 bits per heavy atom. The highest BCUT2D eigenvalue weighted by atomic mass is 32.2. The predicted molar refractivity (Wildman–Crippen MR) is 85.5 cm³/mol. The fraction of sp³-hybridized carbons (Fsp3) is 0.231. The molecule has 1 N–H and O–H groups in total. The van der Waals surface area contributed by atoms with Gasteiger partial charge in [0.2, 0.25) is 11.8 Å². The normalized spacial score (nSPS) is 11.0. The summed E-state index contributed by atoms with van der Waals surface area (Å²) in [7, 11) is 1.65. The van der Waals surface area contributed by atoms with Crippen LogP contribution in [0.3, 0.4) is 0 Å². The Bertz CT molecular complexity index is 896. The first-order valence-electron chi connectivity index (χ1n) is 6.35. The summed E-state index contributed by atoms with van der Waals surface area (Å²) in [5, 5.41) is 8.61. The molecule has 114 valence electrons. The number of hydrogen-bond acceptors (Lipinski definition) is 7. The molecule has 22 heavy (non-hydrogen) atoms. The summed E-state index contributed by atoms with van der Waals surface area (Å²) in [4.78, 5) is 28.4. The van der Waals surface area contributed by atoms with Crippen LogP contribution < -0.4 is 10.9 Å². The Hall–Kier alpha value is -2.13. The maximum absolute atomic E-state index is 12.1. The Labute approximate surface area is 133 Å². The lowest BCUT2D eigenvalue weighted by Crippen LogP contribution is -2.20. The lowest BCUT2D eigenvalue weighted by molar-refractivity contribution is -0.113. The molecule has 3 aromatic heterocycles. The molecule has 0 aliphatic rings. The van der Waals surface area contributed by atoms with Gasteiger partial charge in [-0.05, 0) is 18.4 Å². The van der Waals surface area contributed by atoms with Crippen LogP contribution in [-0.2, 0) is 11.8 Å². The summed E-state index contributed by atoms with van der Waals surface area (Å²) in [5.41, 5.74) is 1.24. The third-order valence-electron chi connectivity index (χ3n) is 2.87. The molecule has 3 heterocycles. The molecule has 0 atom stereocenters. The van der Waals surface area contributed by atoms with Crippen molar-refractivity contribution < 1.29 is 9.32 Å². The van der Waals surface area contributed by atoms with E-state index in [9.17, 15) is 9.59 Å². The van der Waals surface area contributed by atoms with E-state index in [2.05, 4.69) is 15.5 Å². The summed E-state index contributed by atoms with van der Waals surface area (Å²) in [6.45, 7) is 1.77. The molecule has 0 aliphatic carbocycles. The number of fused-ring (bicyclic) bond motifs is 1. The number of rotatable bonds is 4. The van der Waals surface area contributed by atoms with Crippen molar-refractivity contribution in [1.29, 1.82) is 0 Å². The van der Waals surface area contributed by atoms with E-state index in [1.807, 2.05) is 5.38 Å². The summed E-state index contributed by atoms with van der Waals surface area (Å²) in [6, 6.07) is 3.43. The average Bonchev–Trinajstić information content (AvgIpc) is 3.10. The van der Waals surface area contributed by atoms with E-state index in [4.69, 9.17) is 4.52 Å². The number of amides is 1. The minimum atomic E-state index is -0.249.